The van der Waals surface area contributed by atoms with E-state index in [2.05, 4.69) is 92.6 Å². The number of halogens is 1. The summed E-state index contributed by atoms with van der Waals surface area (Å²) in [6.45, 7) is 18.9. The van der Waals surface area contributed by atoms with E-state index in [0.29, 0.717) is 16.7 Å². The van der Waals surface area contributed by atoms with Crippen LogP contribution in [0.3, 0.4) is 0 Å². The van der Waals surface area contributed by atoms with Crippen molar-refractivity contribution in [2.75, 3.05) is 0 Å². The number of benzene rings is 2. The summed E-state index contributed by atoms with van der Waals surface area (Å²) in [4.78, 5) is 25.8. The molecule has 0 aliphatic heterocycles. The number of carbonyl (C=O) groups is 2. The molecule has 0 radical (unpaired) electrons. The number of nitrogens with zero attached hydrogens (tertiary/aromatic N) is 2. The molecule has 2 unspecified atom stereocenters. The van der Waals surface area contributed by atoms with Gasteiger partial charge in [0.2, 0.25) is 6.41 Å². The van der Waals surface area contributed by atoms with Gasteiger partial charge in [0.25, 0.3) is 0 Å². The number of carbonyl (C=O) groups excluding carboxylic acids is 2. The van der Waals surface area contributed by atoms with Crippen LogP contribution in [0.25, 0.3) is 0 Å². The maximum Gasteiger partial charge on any atom is 0.204 e. The lowest BCUT2D eigenvalue weighted by Gasteiger charge is -2.33. The predicted octanol–water partition coefficient (Wildman–Crippen LogP) is 8.14. The molecule has 0 aliphatic rings. The van der Waals surface area contributed by atoms with Crippen LogP contribution >= 0.6 is 21.0 Å². The van der Waals surface area contributed by atoms with E-state index in [1.165, 1.54) is 5.56 Å². The summed E-state index contributed by atoms with van der Waals surface area (Å²) in [5.41, 5.74) is 8.98. The molecule has 0 saturated carbocycles. The van der Waals surface area contributed by atoms with E-state index in [1.807, 2.05) is 31.3 Å². The first-order chi connectivity index (χ1) is 17.6. The molecule has 0 aliphatic carbocycles. The van der Waals surface area contributed by atoms with Crippen LogP contribution in [0, 0.1) is 12.3 Å². The molecule has 7 heteroatoms. The summed E-state index contributed by atoms with van der Waals surface area (Å²) in [6.07, 6.45) is 5.01. The fourth-order valence-electron chi connectivity index (χ4n) is 4.41. The van der Waals surface area contributed by atoms with Crippen molar-refractivity contribution in [1.29, 1.82) is 0 Å². The molecule has 0 aromatic heterocycles. The maximum atomic E-state index is 12.2. The van der Waals surface area contributed by atoms with E-state index < -0.39 is 0 Å². The molecule has 0 saturated heterocycles. The Morgan fingerprint density at radius 2 is 1.66 bits per heavy atom. The second-order valence-corrected chi connectivity index (χ2v) is 12.0. The van der Waals surface area contributed by atoms with Gasteiger partial charge in [0, 0.05) is 23.7 Å². The van der Waals surface area contributed by atoms with Gasteiger partial charge in [-0.2, -0.15) is 0 Å². The van der Waals surface area contributed by atoms with Gasteiger partial charge >= 0.3 is 0 Å². The summed E-state index contributed by atoms with van der Waals surface area (Å²) in [5.74, 6) is 0.592. The van der Waals surface area contributed by atoms with Crippen molar-refractivity contribution in [3.05, 3.63) is 69.7 Å². The minimum Gasteiger partial charge on any atom is -0.372 e. The number of aryl methyl sites for hydroxylation is 1. The second kappa shape index (κ2) is 17.3. The topological polar surface area (TPSA) is 84.9 Å². The van der Waals surface area contributed by atoms with E-state index in [4.69, 9.17) is 21.4 Å². The molecule has 0 heterocycles. The highest BCUT2D eigenvalue weighted by atomic mass is 35.5. The number of nitrogens with two attached hydrogens (primary N) is 1. The Morgan fingerprint density at radius 3 is 2.05 bits per heavy atom. The fourth-order valence-corrected chi connectivity index (χ4v) is 4.87. The van der Waals surface area contributed by atoms with Crippen LogP contribution in [0.2, 0.25) is 5.02 Å². The highest BCUT2D eigenvalue weighted by Gasteiger charge is 2.30. The predicted molar refractivity (Wildman–Crippen MR) is 169 cm³/mol. The van der Waals surface area contributed by atoms with Gasteiger partial charge in [0.1, 0.15) is 5.71 Å². The molecule has 0 fully saturated rings. The van der Waals surface area contributed by atoms with Crippen molar-refractivity contribution < 1.29 is 9.59 Å². The van der Waals surface area contributed by atoms with Crippen molar-refractivity contribution in [3.63, 3.8) is 0 Å². The molecular weight excluding hydrogens is 513 g/mol. The molecule has 210 valence electrons. The third-order valence-electron chi connectivity index (χ3n) is 5.56. The Morgan fingerprint density at radius 1 is 1.11 bits per heavy atom. The van der Waals surface area contributed by atoms with Gasteiger partial charge in [-0.15, -0.1) is 0 Å². The molecule has 38 heavy (non-hydrogen) atoms. The van der Waals surface area contributed by atoms with Crippen molar-refractivity contribution >= 4 is 45.1 Å². The highest BCUT2D eigenvalue weighted by Crippen LogP contribution is 2.34. The molecular formula is C31H47ClN3O2P. The average Bonchev–Trinajstić information content (AvgIpc) is 2.77. The van der Waals surface area contributed by atoms with Gasteiger partial charge in [-0.1, -0.05) is 83.8 Å². The van der Waals surface area contributed by atoms with Crippen LogP contribution in [-0.2, 0) is 9.59 Å². The summed E-state index contributed by atoms with van der Waals surface area (Å²) < 4.78 is 3.87. The summed E-state index contributed by atoms with van der Waals surface area (Å²) >= 11 is 6.17. The van der Waals surface area contributed by atoms with Crippen molar-refractivity contribution in [1.82, 2.24) is 0 Å². The highest BCUT2D eigenvalue weighted by molar-refractivity contribution is 7.15. The molecule has 2 N–H and O–H groups in total. The van der Waals surface area contributed by atoms with Gasteiger partial charge in [-0.25, -0.2) is 0 Å². The molecule has 2 aromatic carbocycles. The van der Waals surface area contributed by atoms with E-state index in [9.17, 15) is 4.79 Å². The van der Waals surface area contributed by atoms with E-state index in [0.717, 1.165) is 36.0 Å². The Bertz CT molecular complexity index is 1050. The second-order valence-electron chi connectivity index (χ2n) is 11.3. The number of rotatable bonds is 8. The van der Waals surface area contributed by atoms with Crippen molar-refractivity contribution in [3.8, 4) is 0 Å². The van der Waals surface area contributed by atoms with E-state index in [-0.39, 0.29) is 23.1 Å². The quantitative estimate of drug-likeness (QED) is 0.201. The zero-order valence-electron chi connectivity index (χ0n) is 24.6. The lowest BCUT2D eigenvalue weighted by atomic mass is 9.78. The Hall–Kier alpha value is -2.36. The standard InChI is InChI=1S/C20H30ClNO.C10H14NP.CH3NO/c1-8-9-20(7,13-19(4,5)6)22-18(15(3)23)16-10-14(2)11-17(21)12-16;1-8(2)10-5-3-9(4-6-10)7-11-12;2-1-3/h10-12H,8-9,13H2,1-7H3;3-8H,12H2,1-2H3;1H,(H2,2,3)/b;11-7+;. The SMILES string of the molecule is CC(C)c1ccc(/C=N/P)cc1.CCCC(C)(CC(C)(C)C)N=C(C(C)=O)c1cc(C)cc(Cl)c1.NC=O. The van der Waals surface area contributed by atoms with Crippen molar-refractivity contribution in [2.24, 2.45) is 20.9 Å². The molecule has 2 atom stereocenters. The van der Waals surface area contributed by atoms with Gasteiger partial charge in [0.15, 0.2) is 5.78 Å². The lowest BCUT2D eigenvalue weighted by molar-refractivity contribution is -0.111. The summed E-state index contributed by atoms with van der Waals surface area (Å²) in [6, 6.07) is 14.2. The third kappa shape index (κ3) is 14.5. The molecule has 5 nitrogen and oxygen atoms in total. The number of amides is 1. The third-order valence-corrected chi connectivity index (χ3v) is 5.92. The minimum absolute atomic E-state index is 0.0112. The van der Waals surface area contributed by atoms with Crippen LogP contribution in [-0.4, -0.2) is 29.7 Å². The summed E-state index contributed by atoms with van der Waals surface area (Å²) in [5, 5.41) is 0.641. The van der Waals surface area contributed by atoms with Crippen LogP contribution in [0.5, 0.6) is 0 Å². The zero-order chi connectivity index (χ0) is 29.5. The molecule has 1 amide bonds. The number of ketones is 1. The average molecular weight is 560 g/mol. The Labute approximate surface area is 238 Å². The van der Waals surface area contributed by atoms with E-state index in [1.54, 1.807) is 6.92 Å². The maximum absolute atomic E-state index is 12.2. The van der Waals surface area contributed by atoms with Gasteiger partial charge in [0.05, 0.1) is 5.54 Å². The van der Waals surface area contributed by atoms with Gasteiger partial charge < -0.3 is 5.73 Å². The van der Waals surface area contributed by atoms with Gasteiger partial charge in [-0.05, 0) is 82.3 Å². The van der Waals surface area contributed by atoms with E-state index >= 15 is 0 Å². The normalized spacial score (nSPS) is 13.2. The molecule has 2 rings (SSSR count). The molecule has 0 bridgehead atoms. The van der Waals surface area contributed by atoms with Crippen LogP contribution in [0.4, 0.5) is 0 Å². The summed E-state index contributed by atoms with van der Waals surface area (Å²) in [7, 11) is 2.33. The number of Topliss-reactive ketones (excluding diaryl/α,β-unsaturated/α-hetero) is 1. The zero-order valence-corrected chi connectivity index (χ0v) is 26.5. The Balaban J connectivity index is 0.000000759. The molecule has 0 spiro atoms. The number of hydrogen-bond donors (Lipinski definition) is 1. The van der Waals surface area contributed by atoms with Crippen LogP contribution in [0.1, 0.15) is 103 Å². The van der Waals surface area contributed by atoms with Crippen LogP contribution in [0.15, 0.2) is 52.2 Å². The van der Waals surface area contributed by atoms with Crippen LogP contribution < -0.4 is 5.73 Å². The first-order valence-electron chi connectivity index (χ1n) is 13.0. The minimum atomic E-state index is -0.246. The number of primary amides is 1. The Kier molecular flexibility index (Phi) is 16.2. The fraction of sp³-hybridized carbons (Fsp3) is 0.484. The molecule has 2 aromatic rings. The number of aliphatic imine (C=N–C) groups is 1. The van der Waals surface area contributed by atoms with Gasteiger partial charge in [-0.3, -0.25) is 19.3 Å². The van der Waals surface area contributed by atoms with Crippen molar-refractivity contribution in [2.45, 2.75) is 93.0 Å². The smallest absolute Gasteiger partial charge is 0.204 e. The first kappa shape index (κ1) is 35.6. The lowest BCUT2D eigenvalue weighted by Crippen LogP contribution is -2.31. The first-order valence-corrected chi connectivity index (χ1v) is 13.9. The number of hydrogen-bond acceptors (Lipinski definition) is 4. The monoisotopic (exact) mass is 559 g/mol. The largest absolute Gasteiger partial charge is 0.372 e.